The smallest absolute Gasteiger partial charge is 0.409 e. The number of carbonyl (C=O) groups excluding carboxylic acids is 6. The summed E-state index contributed by atoms with van der Waals surface area (Å²) >= 11 is 2.58. The van der Waals surface area contributed by atoms with Gasteiger partial charge in [-0.1, -0.05) is 54.7 Å². The van der Waals surface area contributed by atoms with Crippen molar-refractivity contribution in [1.82, 2.24) is 39.8 Å². The van der Waals surface area contributed by atoms with Gasteiger partial charge >= 0.3 is 18.0 Å². The van der Waals surface area contributed by atoms with E-state index in [1.807, 2.05) is 59.0 Å². The molecule has 6 amide bonds. The van der Waals surface area contributed by atoms with Gasteiger partial charge in [0.1, 0.15) is 42.5 Å². The third-order valence-electron chi connectivity index (χ3n) is 22.0. The Kier molecular flexibility index (Phi) is 22.7. The Bertz CT molecular complexity index is 4570. The molecular weight excluding hydrogens is 1460 g/mol. The van der Waals surface area contributed by atoms with Crippen LogP contribution in [-0.2, 0) is 85.6 Å². The topological polar surface area (TPSA) is 419 Å². The van der Waals surface area contributed by atoms with Gasteiger partial charge < -0.3 is 69.2 Å². The minimum atomic E-state index is -4.36. The van der Waals surface area contributed by atoms with E-state index in [0.717, 1.165) is 70.5 Å². The highest BCUT2D eigenvalue weighted by Gasteiger charge is 2.63. The van der Waals surface area contributed by atoms with Gasteiger partial charge in [0.05, 0.1) is 65.4 Å². The minimum Gasteiger partial charge on any atom is -0.479 e. The van der Waals surface area contributed by atoms with Gasteiger partial charge in [0.15, 0.2) is 16.9 Å². The summed E-state index contributed by atoms with van der Waals surface area (Å²) in [6.45, 7) is 4.71. The number of pyridine rings is 1. The van der Waals surface area contributed by atoms with Crippen LogP contribution in [0.4, 0.5) is 15.7 Å². The predicted octanol–water partition coefficient (Wildman–Crippen LogP) is 5.47. The second kappa shape index (κ2) is 31.7. The number of ether oxygens (including phenoxy) is 5. The molecule has 4 aliphatic heterocycles. The van der Waals surface area contributed by atoms with E-state index >= 15 is 0 Å². The number of thioether (sulfide) groups is 1. The third kappa shape index (κ3) is 16.7. The Labute approximate surface area is 630 Å². The molecule has 5 unspecified atom stereocenters. The van der Waals surface area contributed by atoms with Crippen LogP contribution in [0.5, 0.6) is 5.75 Å². The zero-order valence-electron chi connectivity index (χ0n) is 60.1. The number of imide groups is 1. The molecule has 4 bridgehead atoms. The number of aromatic carboxylic acids is 1. The number of carboxylic acid groups (broad SMARTS) is 2. The number of amides is 6. The number of para-hydroxylation sites is 1. The van der Waals surface area contributed by atoms with Crippen LogP contribution < -0.4 is 20.3 Å². The van der Waals surface area contributed by atoms with Crippen molar-refractivity contribution in [1.29, 1.82) is 0 Å². The number of aliphatic hydroxyl groups excluding tert-OH is 3. The second-order valence-corrected chi connectivity index (χ2v) is 33.6. The Balaban J connectivity index is 0.618. The number of hydrogen-bond donors (Lipinski definition) is 8. The highest BCUT2D eigenvalue weighted by Crippen LogP contribution is 2.68. The fraction of sp³-hybridized carbons (Fsp3) is 0.527. The molecule has 7 heterocycles. The Morgan fingerprint density at radius 3 is 2.45 bits per heavy atom. The number of benzene rings is 3. The molecule has 4 aliphatic carbocycles. The van der Waals surface area contributed by atoms with Gasteiger partial charge in [-0.2, -0.15) is 25.3 Å². The number of fused-ring (bicyclic) bond motifs is 2. The lowest BCUT2D eigenvalue weighted by atomic mass is 9.43. The molecule has 0 spiro atoms. The number of unbranched alkanes of at least 4 members (excludes halogenated alkanes) is 1. The summed E-state index contributed by atoms with van der Waals surface area (Å²) in [6.07, 6.45) is 0.0583. The maximum Gasteiger partial charge on any atom is 0.409 e. The fourth-order valence-corrected chi connectivity index (χ4v) is 19.3. The quantitative estimate of drug-likeness (QED) is 0.0157. The zero-order valence-corrected chi connectivity index (χ0v) is 62.5. The number of carbonyl (C=O) groups is 8. The molecule has 3 saturated heterocycles. The van der Waals surface area contributed by atoms with Gasteiger partial charge in [0.2, 0.25) is 29.9 Å². The molecule has 12 atom stereocenters. The molecule has 578 valence electrons. The van der Waals surface area contributed by atoms with Crippen molar-refractivity contribution in [3.63, 3.8) is 0 Å². The molecule has 14 rings (SSSR count). The summed E-state index contributed by atoms with van der Waals surface area (Å²) in [7, 11) is -2.79. The number of anilines is 2. The molecule has 3 aromatic heterocycles. The lowest BCUT2D eigenvalue weighted by Gasteiger charge is -2.65. The number of carboxylic acids is 2. The van der Waals surface area contributed by atoms with E-state index in [-0.39, 0.29) is 79.5 Å². The van der Waals surface area contributed by atoms with Gasteiger partial charge in [0, 0.05) is 74.1 Å². The van der Waals surface area contributed by atoms with Crippen LogP contribution in [0.1, 0.15) is 120 Å². The minimum absolute atomic E-state index is 0.00774. The number of likely N-dealkylation sites (tertiary alicyclic amines) is 2. The van der Waals surface area contributed by atoms with Crippen molar-refractivity contribution in [3.05, 3.63) is 118 Å². The van der Waals surface area contributed by atoms with E-state index in [1.165, 1.54) is 32.9 Å². The van der Waals surface area contributed by atoms with Gasteiger partial charge in [0.25, 0.3) is 16.0 Å². The summed E-state index contributed by atoms with van der Waals surface area (Å²) < 4.78 is 64.5. The molecule has 7 fully saturated rings. The third-order valence-corrected chi connectivity index (χ3v) is 24.6. The van der Waals surface area contributed by atoms with Crippen molar-refractivity contribution < 1.29 is 101 Å². The number of nitrogens with one attached hydrogen (secondary N) is 2. The first kappa shape index (κ1) is 77.4. The highest BCUT2D eigenvalue weighted by molar-refractivity contribution is 8.00. The number of nitrogens with zero attached hydrogens (tertiary/aromatic N) is 8. The summed E-state index contributed by atoms with van der Waals surface area (Å²) in [4.78, 5) is 121. The Morgan fingerprint density at radius 1 is 0.898 bits per heavy atom. The first-order valence-corrected chi connectivity index (χ1v) is 39.7. The van der Waals surface area contributed by atoms with Crippen LogP contribution in [-0.4, -0.2) is 239 Å². The standard InChI is InChI=1S/C74H88N10O21S3/c1-41-49(47-17-18-56(78-59(47)67(93)94)81-21-19-44-11-9-12-48(50(44)33-81)64(90)79-70-77-51-13-5-6-14-54(51)107-70)32-76-83(41)40-73-30-43-29-72(2,37-73)38-74(31-43,39-73)103-23-22-80(3)71(97)102-35-45-16-15-42(26-53(45)104-69-62(89)60(87)61(88)63(105-69)68(95)96)10-7-8-20-75-57(85)34-82-46(36-101-24-25-108(98,99)100)27-52(65(82)91)84-58(86)28-55(106-4)66(84)92/h5-6,9,11-18,26,32,43,46,52,55,60-63,69,87-89H,7-8,10,19-25,27-31,33-40H2,1-4H3,(H,75,85)(H,93,94)(H,95,96)(H,77,79,90)(H,98,99,100)/t43?,46-,52-,55?,60-,61-,62+,63-,69+,72?,73?,74?/m0/s1. The molecule has 31 nitrogen and oxygen atoms in total. The van der Waals surface area contributed by atoms with Crippen LogP contribution in [0.3, 0.4) is 0 Å². The number of aryl methyl sites for hydroxylation is 1. The molecule has 8 N–H and O–H groups in total. The number of likely N-dealkylation sites (N-methyl/N-ethyl adjacent to an activating group) is 1. The fourth-order valence-electron chi connectivity index (χ4n) is 17.5. The van der Waals surface area contributed by atoms with Crippen molar-refractivity contribution in [3.8, 4) is 16.9 Å². The first-order valence-electron chi connectivity index (χ1n) is 36.0. The van der Waals surface area contributed by atoms with Crippen molar-refractivity contribution >= 4 is 102 Å². The number of thiazole rings is 1. The number of rotatable bonds is 30. The SMILES string of the molecule is CSC1CC(=O)N([C@H]2C[C@@H](COCCS(=O)(=O)O)N(CC(=O)NCCCCc3ccc(COC(=O)N(C)CCOC45CC6CC(C)(CC(Cn7ncc(-c8ccc(N9CCc%10cccc(C(=O)Nc%11nc%12ccccc%12s%11)c%10C9)nc8C(=O)O)c7C)(C6)C4)C5)c(O[C@@H]4O[C@H](C(=O)O)[C@@H](O)[C@H](O)[C@H]4O)c3)C2=O)C1=O. The van der Waals surface area contributed by atoms with Crippen molar-refractivity contribution in [2.24, 2.45) is 16.7 Å². The summed E-state index contributed by atoms with van der Waals surface area (Å²) in [5, 5.41) is 63.1. The maximum absolute atomic E-state index is 13.8. The molecule has 8 aliphatic rings. The molecular formula is C74H88N10O21S3. The van der Waals surface area contributed by atoms with Crippen LogP contribution in [0.15, 0.2) is 79.0 Å². The van der Waals surface area contributed by atoms with Crippen molar-refractivity contribution in [2.75, 3.05) is 75.3 Å². The van der Waals surface area contributed by atoms with Crippen molar-refractivity contribution in [2.45, 2.75) is 164 Å². The Hall–Kier alpha value is -8.71. The molecule has 108 heavy (non-hydrogen) atoms. The molecule has 6 aromatic rings. The van der Waals surface area contributed by atoms with E-state index < -0.39 is 124 Å². The van der Waals surface area contributed by atoms with E-state index in [9.17, 15) is 76.9 Å². The van der Waals surface area contributed by atoms with Crippen LogP contribution >= 0.6 is 23.1 Å². The lowest BCUT2D eigenvalue weighted by Crippen LogP contribution is -2.61. The zero-order chi connectivity index (χ0) is 76.7. The first-order chi connectivity index (χ1) is 51.5. The molecule has 4 saturated carbocycles. The van der Waals surface area contributed by atoms with Gasteiger partial charge in [-0.25, -0.2) is 24.4 Å². The number of aromatic nitrogens is 4. The number of hydrogen-bond acceptors (Lipinski definition) is 24. The molecule has 0 radical (unpaired) electrons. The Morgan fingerprint density at radius 2 is 1.70 bits per heavy atom. The van der Waals surface area contributed by atoms with Gasteiger partial charge in [-0.05, 0) is 154 Å². The van der Waals surface area contributed by atoms with E-state index in [4.69, 9.17) is 33.8 Å². The monoisotopic (exact) mass is 1550 g/mol. The lowest BCUT2D eigenvalue weighted by molar-refractivity contribution is -0.271. The van der Waals surface area contributed by atoms with Crippen LogP contribution in [0.25, 0.3) is 21.3 Å². The molecule has 34 heteroatoms. The molecule has 3 aromatic carbocycles. The summed E-state index contributed by atoms with van der Waals surface area (Å²) in [6, 6.07) is 19.8. The largest absolute Gasteiger partial charge is 0.479 e. The van der Waals surface area contributed by atoms with E-state index in [1.54, 1.807) is 49.8 Å². The van der Waals surface area contributed by atoms with Gasteiger partial charge in [-0.3, -0.25) is 43.4 Å². The maximum atomic E-state index is 13.8. The average Bonchev–Trinajstić information content (AvgIpc) is 0.767. The number of aliphatic carboxylic acids is 1. The average molecular weight is 1550 g/mol. The normalized spacial score (nSPS) is 26.6. The van der Waals surface area contributed by atoms with Crippen LogP contribution in [0.2, 0.25) is 0 Å². The van der Waals surface area contributed by atoms with Gasteiger partial charge in [-0.15, -0.1) is 0 Å². The summed E-state index contributed by atoms with van der Waals surface area (Å²) in [5.41, 5.74) is 5.13. The van der Waals surface area contributed by atoms with E-state index in [0.29, 0.717) is 84.4 Å². The predicted molar refractivity (Wildman–Crippen MR) is 391 cm³/mol. The van der Waals surface area contributed by atoms with Crippen LogP contribution in [0, 0.1) is 23.7 Å². The van der Waals surface area contributed by atoms with E-state index in [2.05, 4.69) is 22.5 Å². The summed E-state index contributed by atoms with van der Waals surface area (Å²) in [5.74, 6) is -5.25. The second-order valence-electron chi connectivity index (χ2n) is 29.9. The number of aliphatic hydroxyl groups is 3. The highest BCUT2D eigenvalue weighted by atomic mass is 32.2.